The highest BCUT2D eigenvalue weighted by atomic mass is 16.6. The van der Waals surface area contributed by atoms with Crippen molar-refractivity contribution in [3.63, 3.8) is 0 Å². The third kappa shape index (κ3) is 4.36. The van der Waals surface area contributed by atoms with E-state index in [-0.39, 0.29) is 10.6 Å². The van der Waals surface area contributed by atoms with Crippen LogP contribution in [-0.2, 0) is 0 Å². The Hall–Kier alpha value is -1.85. The Morgan fingerprint density at radius 3 is 2.60 bits per heavy atom. The molecule has 6 heteroatoms. The first kappa shape index (κ1) is 16.2. The van der Waals surface area contributed by atoms with Gasteiger partial charge in [-0.2, -0.15) is 0 Å². The van der Waals surface area contributed by atoms with Gasteiger partial charge in [-0.3, -0.25) is 10.1 Å². The standard InChI is InChI=1S/C14H24N4O2/c1-4-7-11-17(6-3)14-12(18(19)20)8-9-13(16-14)15-10-5-2/h8-9H,4-7,10-11H2,1-3H3,(H,15,16). The van der Waals surface area contributed by atoms with Crippen LogP contribution in [-0.4, -0.2) is 29.5 Å². The fourth-order valence-electron chi connectivity index (χ4n) is 1.93. The molecule has 0 radical (unpaired) electrons. The van der Waals surface area contributed by atoms with Gasteiger partial charge in [-0.25, -0.2) is 4.98 Å². The first-order valence-corrected chi connectivity index (χ1v) is 7.28. The first-order valence-electron chi connectivity index (χ1n) is 7.28. The summed E-state index contributed by atoms with van der Waals surface area (Å²) < 4.78 is 0. The van der Waals surface area contributed by atoms with Gasteiger partial charge in [0.2, 0.25) is 5.82 Å². The van der Waals surface area contributed by atoms with Crippen molar-refractivity contribution in [1.29, 1.82) is 0 Å². The second-order valence-electron chi connectivity index (χ2n) is 4.66. The van der Waals surface area contributed by atoms with Crippen LogP contribution in [0, 0.1) is 10.1 Å². The van der Waals surface area contributed by atoms with Crippen molar-refractivity contribution in [2.45, 2.75) is 40.0 Å². The summed E-state index contributed by atoms with van der Waals surface area (Å²) in [5.74, 6) is 1.16. The van der Waals surface area contributed by atoms with Gasteiger partial charge >= 0.3 is 5.69 Å². The van der Waals surface area contributed by atoms with Gasteiger partial charge < -0.3 is 10.2 Å². The van der Waals surface area contributed by atoms with Gasteiger partial charge in [0.25, 0.3) is 0 Å². The summed E-state index contributed by atoms with van der Waals surface area (Å²) in [6.07, 6.45) is 3.04. The maximum atomic E-state index is 11.2. The molecule has 0 aromatic carbocycles. The van der Waals surface area contributed by atoms with Crippen molar-refractivity contribution in [3.05, 3.63) is 22.2 Å². The number of nitrogens with zero attached hydrogens (tertiary/aromatic N) is 3. The van der Waals surface area contributed by atoms with E-state index in [1.54, 1.807) is 6.07 Å². The van der Waals surface area contributed by atoms with Gasteiger partial charge in [0.05, 0.1) is 4.92 Å². The average Bonchev–Trinajstić information content (AvgIpc) is 2.45. The lowest BCUT2D eigenvalue weighted by Crippen LogP contribution is -2.26. The summed E-state index contributed by atoms with van der Waals surface area (Å²) >= 11 is 0. The van der Waals surface area contributed by atoms with E-state index in [2.05, 4.69) is 24.1 Å². The van der Waals surface area contributed by atoms with Crippen molar-refractivity contribution in [2.75, 3.05) is 29.9 Å². The van der Waals surface area contributed by atoms with Crippen LogP contribution >= 0.6 is 0 Å². The van der Waals surface area contributed by atoms with Crippen LogP contribution in [0.15, 0.2) is 12.1 Å². The van der Waals surface area contributed by atoms with Gasteiger partial charge in [0.15, 0.2) is 0 Å². The van der Waals surface area contributed by atoms with Crippen LogP contribution in [0.4, 0.5) is 17.3 Å². The molecule has 0 atom stereocenters. The molecule has 1 heterocycles. The molecule has 20 heavy (non-hydrogen) atoms. The minimum atomic E-state index is -0.361. The van der Waals surface area contributed by atoms with Gasteiger partial charge in [-0.1, -0.05) is 20.3 Å². The molecule has 112 valence electrons. The van der Waals surface area contributed by atoms with E-state index in [9.17, 15) is 10.1 Å². The lowest BCUT2D eigenvalue weighted by atomic mass is 10.3. The lowest BCUT2D eigenvalue weighted by molar-refractivity contribution is -0.384. The third-order valence-electron chi connectivity index (χ3n) is 3.07. The van der Waals surface area contributed by atoms with E-state index in [4.69, 9.17) is 0 Å². The van der Waals surface area contributed by atoms with Crippen LogP contribution in [0.25, 0.3) is 0 Å². The molecule has 0 unspecified atom stereocenters. The van der Waals surface area contributed by atoms with Gasteiger partial charge in [0, 0.05) is 25.7 Å². The Kier molecular flexibility index (Phi) is 6.76. The zero-order valence-corrected chi connectivity index (χ0v) is 12.6. The largest absolute Gasteiger partial charge is 0.370 e. The maximum Gasteiger partial charge on any atom is 0.311 e. The second kappa shape index (κ2) is 8.35. The molecular weight excluding hydrogens is 256 g/mol. The molecule has 0 aliphatic rings. The monoisotopic (exact) mass is 280 g/mol. The van der Waals surface area contributed by atoms with E-state index in [0.29, 0.717) is 18.2 Å². The highest BCUT2D eigenvalue weighted by molar-refractivity contribution is 5.61. The molecule has 0 aliphatic heterocycles. The summed E-state index contributed by atoms with van der Waals surface area (Å²) in [5.41, 5.74) is 0.0741. The summed E-state index contributed by atoms with van der Waals surface area (Å²) in [5, 5.41) is 14.3. The molecule has 6 nitrogen and oxygen atoms in total. The Labute approximate surface area is 120 Å². The third-order valence-corrected chi connectivity index (χ3v) is 3.07. The molecule has 1 N–H and O–H groups in total. The number of unbranched alkanes of at least 4 members (excludes halogenated alkanes) is 1. The molecule has 0 aliphatic carbocycles. The van der Waals surface area contributed by atoms with Crippen molar-refractivity contribution >= 4 is 17.3 Å². The Morgan fingerprint density at radius 1 is 1.30 bits per heavy atom. The highest BCUT2D eigenvalue weighted by Gasteiger charge is 2.20. The number of nitrogens with one attached hydrogen (secondary N) is 1. The molecule has 1 rings (SSSR count). The molecule has 0 saturated carbocycles. The zero-order valence-electron chi connectivity index (χ0n) is 12.6. The van der Waals surface area contributed by atoms with Crippen LogP contribution in [0.3, 0.4) is 0 Å². The van der Waals surface area contributed by atoms with Crippen molar-refractivity contribution in [2.24, 2.45) is 0 Å². The predicted octanol–water partition coefficient (Wildman–Crippen LogP) is 3.44. The first-order chi connectivity index (χ1) is 9.63. The summed E-state index contributed by atoms with van der Waals surface area (Å²) in [6, 6.07) is 3.21. The van der Waals surface area contributed by atoms with E-state index in [1.807, 2.05) is 11.8 Å². The Morgan fingerprint density at radius 2 is 2.05 bits per heavy atom. The fourth-order valence-corrected chi connectivity index (χ4v) is 1.93. The van der Waals surface area contributed by atoms with Crippen molar-refractivity contribution in [1.82, 2.24) is 4.98 Å². The number of nitro groups is 1. The topological polar surface area (TPSA) is 71.3 Å². The van der Waals surface area contributed by atoms with Crippen LogP contribution in [0.2, 0.25) is 0 Å². The molecule has 0 fully saturated rings. The smallest absolute Gasteiger partial charge is 0.311 e. The molecule has 0 amide bonds. The van der Waals surface area contributed by atoms with E-state index in [0.717, 1.165) is 32.4 Å². The summed E-state index contributed by atoms with van der Waals surface area (Å²) in [4.78, 5) is 17.2. The fraction of sp³-hybridized carbons (Fsp3) is 0.643. The molecule has 1 aromatic rings. The second-order valence-corrected chi connectivity index (χ2v) is 4.66. The van der Waals surface area contributed by atoms with Gasteiger partial charge in [-0.05, 0) is 25.8 Å². The molecule has 0 bridgehead atoms. The van der Waals surface area contributed by atoms with Gasteiger partial charge in [0.1, 0.15) is 5.82 Å². The highest BCUT2D eigenvalue weighted by Crippen LogP contribution is 2.27. The number of aromatic nitrogens is 1. The van der Waals surface area contributed by atoms with E-state index < -0.39 is 0 Å². The predicted molar refractivity (Wildman–Crippen MR) is 82.5 cm³/mol. The molecule has 0 spiro atoms. The Balaban J connectivity index is 3.05. The minimum Gasteiger partial charge on any atom is -0.370 e. The van der Waals surface area contributed by atoms with Crippen molar-refractivity contribution in [3.8, 4) is 0 Å². The number of anilines is 2. The number of hydrogen-bond donors (Lipinski definition) is 1. The van der Waals surface area contributed by atoms with Crippen molar-refractivity contribution < 1.29 is 4.92 Å². The SMILES string of the molecule is CCCCN(CC)c1nc(NCCC)ccc1[N+](=O)[O-]. The normalized spacial score (nSPS) is 10.3. The maximum absolute atomic E-state index is 11.2. The van der Waals surface area contributed by atoms with Crippen LogP contribution in [0.5, 0.6) is 0 Å². The van der Waals surface area contributed by atoms with Crippen LogP contribution < -0.4 is 10.2 Å². The zero-order chi connectivity index (χ0) is 15.0. The Bertz CT molecular complexity index is 437. The quantitative estimate of drug-likeness (QED) is 0.554. The lowest BCUT2D eigenvalue weighted by Gasteiger charge is -2.22. The summed E-state index contributed by atoms with van der Waals surface area (Å²) in [7, 11) is 0. The number of hydrogen-bond acceptors (Lipinski definition) is 5. The van der Waals surface area contributed by atoms with Gasteiger partial charge in [-0.15, -0.1) is 0 Å². The average molecular weight is 280 g/mol. The van der Waals surface area contributed by atoms with E-state index in [1.165, 1.54) is 6.07 Å². The molecule has 1 aromatic heterocycles. The van der Waals surface area contributed by atoms with E-state index >= 15 is 0 Å². The summed E-state index contributed by atoms with van der Waals surface area (Å²) in [6.45, 7) is 8.48. The van der Waals surface area contributed by atoms with Crippen LogP contribution in [0.1, 0.15) is 40.0 Å². The molecule has 0 saturated heterocycles. The minimum absolute atomic E-state index is 0.0741. The number of rotatable bonds is 9. The molecular formula is C14H24N4O2. The number of pyridine rings is 1.